The number of halogens is 15. The highest BCUT2D eigenvalue weighted by atomic mass is 35.6. The van der Waals surface area contributed by atoms with Crippen LogP contribution >= 0.6 is 174 Å². The molecule has 0 unspecified atom stereocenters. The third kappa shape index (κ3) is 6400. The largest absolute Gasteiger partial charge is 0.412 e. The first-order valence-electron chi connectivity index (χ1n) is 7.75. The monoisotopic (exact) mass is 982 g/mol. The zero-order valence-corrected chi connectivity index (χ0v) is 36.4. The fourth-order valence-corrected chi connectivity index (χ4v) is 0. The van der Waals surface area contributed by atoms with Crippen molar-refractivity contribution in [2.24, 2.45) is 0 Å². The lowest BCUT2D eigenvalue weighted by Crippen LogP contribution is -1.55. The Hall–Kier alpha value is 3.79. The van der Waals surface area contributed by atoms with E-state index in [4.69, 9.17) is 225 Å². The second-order valence-electron chi connectivity index (χ2n) is 1.24. The minimum absolute atomic E-state index is 0. The molecule has 14 nitrogen and oxygen atoms in total. The Morgan fingerprint density at radius 3 is 0.182 bits per heavy atom. The molecule has 0 bridgehead atoms. The van der Waals surface area contributed by atoms with Crippen LogP contribution in [0.2, 0.25) is 0 Å². The van der Waals surface area contributed by atoms with Crippen LogP contribution in [0.4, 0.5) is 0 Å². The molecule has 0 saturated heterocycles. The molecule has 0 aliphatic carbocycles. The summed E-state index contributed by atoms with van der Waals surface area (Å²) in [6, 6.07) is 0. The van der Waals surface area contributed by atoms with Gasteiger partial charge in [0.1, 0.15) is 0 Å². The number of aliphatic hydroxyl groups excluding tert-OH is 10. The summed E-state index contributed by atoms with van der Waals surface area (Å²) in [6.45, 7) is 0. The zero-order valence-electron chi connectivity index (χ0n) is 25.0. The van der Waals surface area contributed by atoms with Crippen LogP contribution in [0.5, 0.6) is 0 Å². The fourth-order valence-electron chi connectivity index (χ4n) is 0. The molecule has 302 valence electrons. The summed E-state index contributed by atoms with van der Waals surface area (Å²) < 4.78 is -3.75. The lowest BCUT2D eigenvalue weighted by molar-refractivity contribution is 0.399. The first kappa shape index (κ1) is 126. The Morgan fingerprint density at radius 1 is 0.182 bits per heavy atom. The van der Waals surface area contributed by atoms with Crippen molar-refractivity contribution in [2.45, 2.75) is 21.5 Å². The van der Waals surface area contributed by atoms with Crippen molar-refractivity contribution in [3.05, 3.63) is 0 Å². The van der Waals surface area contributed by atoms with Crippen molar-refractivity contribution >= 4 is 174 Å². The van der Waals surface area contributed by atoms with E-state index >= 15 is 0 Å². The van der Waals surface area contributed by atoms with E-state index < -0.39 is 21.5 Å². The van der Waals surface area contributed by atoms with E-state index in [2.05, 4.69) is 0 Å². The van der Waals surface area contributed by atoms with Crippen LogP contribution in [0, 0.1) is 0 Å². The molecule has 0 spiro atoms. The summed E-state index contributed by atoms with van der Waals surface area (Å²) in [5, 5.41) is 70.0. The second kappa shape index (κ2) is 278. The van der Waals surface area contributed by atoms with Crippen molar-refractivity contribution in [2.75, 3.05) is 71.1 Å². The predicted molar refractivity (Wildman–Crippen MR) is 203 cm³/mol. The van der Waals surface area contributed by atoms with Crippen molar-refractivity contribution < 1.29 is 73.0 Å². The van der Waals surface area contributed by atoms with Crippen LogP contribution in [0.15, 0.2) is 0 Å². The smallest absolute Gasteiger partial charge is 0.180 e. The van der Waals surface area contributed by atoms with Crippen LogP contribution in [0.1, 0.15) is 0 Å². The molecule has 0 heterocycles. The van der Waals surface area contributed by atoms with Crippen LogP contribution in [-0.2, 0) is 0 Å². The van der Waals surface area contributed by atoms with Gasteiger partial charge in [0.25, 0.3) is 0 Å². The van der Waals surface area contributed by atoms with Gasteiger partial charge in [-0.2, -0.15) is 0 Å². The first-order valence-corrected chi connectivity index (χ1v) is 14.3. The molecule has 18 N–H and O–H groups in total. The summed E-state index contributed by atoms with van der Waals surface area (Å²) in [4.78, 5) is 0. The molecule has 0 aromatic rings. The van der Waals surface area contributed by atoms with Crippen LogP contribution in [-0.4, -0.2) is 166 Å². The Bertz CT molecular complexity index is 128. The van der Waals surface area contributed by atoms with E-state index in [0.29, 0.717) is 0 Å². The quantitative estimate of drug-likeness (QED) is 0.158. The summed E-state index contributed by atoms with van der Waals surface area (Å²) in [6.07, 6.45) is 0. The Kier molecular flexibility index (Phi) is 797. The zero-order chi connectivity index (χ0) is 37.9. The van der Waals surface area contributed by atoms with Crippen molar-refractivity contribution in [1.82, 2.24) is 0 Å². The minimum atomic E-state index is -0.750. The van der Waals surface area contributed by atoms with Gasteiger partial charge in [-0.1, -0.05) is 174 Å². The molecular formula is C15H53Cl15O14. The molecule has 0 aliphatic heterocycles. The van der Waals surface area contributed by atoms with Crippen molar-refractivity contribution in [1.29, 1.82) is 0 Å². The fraction of sp³-hybridized carbons (Fsp3) is 1.00. The van der Waals surface area contributed by atoms with Crippen molar-refractivity contribution in [3.8, 4) is 0 Å². The maximum Gasteiger partial charge on any atom is 0.180 e. The van der Waals surface area contributed by atoms with Crippen LogP contribution in [0.25, 0.3) is 0 Å². The maximum absolute atomic E-state index is 7.00. The van der Waals surface area contributed by atoms with Crippen LogP contribution in [0.3, 0.4) is 0 Å². The highest BCUT2D eigenvalue weighted by Crippen LogP contribution is 2.05. The molecule has 0 fully saturated rings. The van der Waals surface area contributed by atoms with E-state index in [1.165, 1.54) is 0 Å². The second-order valence-corrected chi connectivity index (χ2v) is 11.1. The molecule has 0 aromatic heterocycles. The normalized spacial score (nSPS) is 5.45. The summed E-state index contributed by atoms with van der Waals surface area (Å²) in [5.74, 6) is 0. The third-order valence-electron chi connectivity index (χ3n) is 0. The standard InChI is InChI=1S/5CHCl3.10CH4O.4H2O/c5*2-1(3)4;10*1-2;;;;/h5*1H;10*2H,1H3;4*1H2. The maximum atomic E-state index is 7.00. The lowest BCUT2D eigenvalue weighted by atomic mass is 11.8. The molecular weight excluding hydrogens is 936 g/mol. The molecule has 0 rings (SSSR count). The van der Waals surface area contributed by atoms with Gasteiger partial charge in [-0.3, -0.25) is 0 Å². The summed E-state index contributed by atoms with van der Waals surface area (Å²) in [7, 11) is 10.0. The van der Waals surface area contributed by atoms with Gasteiger partial charge in [-0.25, -0.2) is 0 Å². The number of aliphatic hydroxyl groups is 10. The summed E-state index contributed by atoms with van der Waals surface area (Å²) in [5.41, 5.74) is 0. The molecule has 29 heteroatoms. The lowest BCUT2D eigenvalue weighted by Gasteiger charge is -1.69. The number of alkyl halides is 15. The molecule has 0 aliphatic rings. The molecule has 44 heavy (non-hydrogen) atoms. The summed E-state index contributed by atoms with van der Waals surface area (Å²) >= 11 is 72.1. The van der Waals surface area contributed by atoms with E-state index in [9.17, 15) is 0 Å². The average Bonchev–Trinajstić information content (AvgIpc) is 2.94. The van der Waals surface area contributed by atoms with Gasteiger partial charge >= 0.3 is 0 Å². The number of hydrogen-bond donors (Lipinski definition) is 10. The third-order valence-corrected chi connectivity index (χ3v) is 0. The van der Waals surface area contributed by atoms with Gasteiger partial charge in [0, 0.05) is 71.1 Å². The molecule has 0 amide bonds. The Balaban J connectivity index is -0.00000000902. The minimum Gasteiger partial charge on any atom is -0.412 e. The topological polar surface area (TPSA) is 328 Å². The van der Waals surface area contributed by atoms with E-state index in [0.717, 1.165) is 71.1 Å². The average molecular weight is 989 g/mol. The van der Waals surface area contributed by atoms with Gasteiger partial charge < -0.3 is 73.0 Å². The molecule has 0 saturated carbocycles. The van der Waals surface area contributed by atoms with Gasteiger partial charge in [-0.05, 0) is 0 Å². The first-order chi connectivity index (χ1) is 18.7. The SMILES string of the molecule is CO.CO.CO.CO.CO.CO.CO.CO.CO.CO.ClC(Cl)Cl.ClC(Cl)Cl.ClC(Cl)Cl.ClC(Cl)Cl.ClC(Cl)Cl.O.O.O.O. The molecule has 0 radical (unpaired) electrons. The van der Waals surface area contributed by atoms with Gasteiger partial charge in [0.05, 0.1) is 0 Å². The predicted octanol–water partition coefficient (Wildman–Crippen LogP) is 2.72. The van der Waals surface area contributed by atoms with Gasteiger partial charge in [-0.15, -0.1) is 0 Å². The molecule has 0 atom stereocenters. The highest BCUT2D eigenvalue weighted by Gasteiger charge is 1.80. The molecule has 0 aromatic carbocycles. The number of rotatable bonds is 0. The van der Waals surface area contributed by atoms with E-state index in [-0.39, 0.29) is 21.9 Å². The van der Waals surface area contributed by atoms with Gasteiger partial charge in [0.15, 0.2) is 21.5 Å². The van der Waals surface area contributed by atoms with E-state index in [1.807, 2.05) is 0 Å². The van der Waals surface area contributed by atoms with Crippen molar-refractivity contribution in [3.63, 3.8) is 0 Å². The van der Waals surface area contributed by atoms with Crippen LogP contribution < -0.4 is 0 Å². The number of hydrogen-bond acceptors (Lipinski definition) is 10. The van der Waals surface area contributed by atoms with E-state index in [1.54, 1.807) is 0 Å². The Labute approximate surface area is 336 Å². The van der Waals surface area contributed by atoms with Gasteiger partial charge in [0.2, 0.25) is 0 Å². The highest BCUT2D eigenvalue weighted by molar-refractivity contribution is 6.64. The Morgan fingerprint density at radius 2 is 0.182 bits per heavy atom.